The lowest BCUT2D eigenvalue weighted by Crippen LogP contribution is -2.25. The van der Waals surface area contributed by atoms with E-state index in [1.807, 2.05) is 12.1 Å². The summed E-state index contributed by atoms with van der Waals surface area (Å²) in [5.74, 6) is 0.724. The molecule has 0 aliphatic carbocycles. The third kappa shape index (κ3) is 4.74. The molecule has 0 heterocycles. The summed E-state index contributed by atoms with van der Waals surface area (Å²) in [6, 6.07) is 5.66. The highest BCUT2D eigenvalue weighted by atomic mass is 16.6. The van der Waals surface area contributed by atoms with E-state index in [1.165, 1.54) is 7.11 Å². The van der Waals surface area contributed by atoms with E-state index in [0.29, 0.717) is 11.5 Å². The topological polar surface area (TPSA) is 56.8 Å². The number of esters is 1. The highest BCUT2D eigenvalue weighted by Gasteiger charge is 2.17. The van der Waals surface area contributed by atoms with E-state index in [-0.39, 0.29) is 0 Å². The lowest BCUT2D eigenvalue weighted by atomic mass is 10.2. The van der Waals surface area contributed by atoms with Gasteiger partial charge < -0.3 is 19.5 Å². The van der Waals surface area contributed by atoms with Crippen LogP contribution in [0.2, 0.25) is 0 Å². The Balaban J connectivity index is 2.74. The molecule has 0 aliphatic rings. The van der Waals surface area contributed by atoms with Gasteiger partial charge in [0.15, 0.2) is 17.6 Å². The molecule has 5 nitrogen and oxygen atoms in total. The summed E-state index contributed by atoms with van der Waals surface area (Å²) in [5, 5.41) is 3.32. The average Bonchev–Trinajstić information content (AvgIpc) is 2.47. The van der Waals surface area contributed by atoms with Crippen LogP contribution in [0.15, 0.2) is 18.2 Å². The van der Waals surface area contributed by atoms with Crippen molar-refractivity contribution in [1.29, 1.82) is 0 Å². The van der Waals surface area contributed by atoms with Gasteiger partial charge in [-0.3, -0.25) is 0 Å². The molecule has 112 valence electrons. The van der Waals surface area contributed by atoms with E-state index in [2.05, 4.69) is 17.0 Å². The van der Waals surface area contributed by atoms with Gasteiger partial charge in [0.05, 0.1) is 14.2 Å². The molecule has 0 amide bonds. The first-order valence-electron chi connectivity index (χ1n) is 6.74. The second kappa shape index (κ2) is 8.43. The molecule has 0 fully saturated rings. The van der Waals surface area contributed by atoms with Gasteiger partial charge in [0, 0.05) is 6.54 Å². The van der Waals surface area contributed by atoms with E-state index in [9.17, 15) is 4.79 Å². The van der Waals surface area contributed by atoms with Gasteiger partial charge in [-0.05, 0) is 37.6 Å². The lowest BCUT2D eigenvalue weighted by molar-refractivity contribution is -0.147. The molecule has 1 rings (SSSR count). The van der Waals surface area contributed by atoms with Crippen molar-refractivity contribution >= 4 is 5.97 Å². The van der Waals surface area contributed by atoms with Crippen LogP contribution in [0.5, 0.6) is 11.5 Å². The van der Waals surface area contributed by atoms with Crippen LogP contribution < -0.4 is 14.8 Å². The summed E-state index contributed by atoms with van der Waals surface area (Å²) in [6.07, 6.45) is 0.424. The molecule has 0 aromatic heterocycles. The minimum Gasteiger partial charge on any atom is -0.493 e. The first kappa shape index (κ1) is 16.3. The van der Waals surface area contributed by atoms with Gasteiger partial charge in [-0.2, -0.15) is 0 Å². The largest absolute Gasteiger partial charge is 0.493 e. The molecule has 0 bridgehead atoms. The predicted octanol–water partition coefficient (Wildman–Crippen LogP) is 2.14. The predicted molar refractivity (Wildman–Crippen MR) is 77.1 cm³/mol. The highest BCUT2D eigenvalue weighted by Crippen LogP contribution is 2.29. The van der Waals surface area contributed by atoms with Gasteiger partial charge in [0.1, 0.15) is 0 Å². The average molecular weight is 281 g/mol. The maximum atomic E-state index is 11.4. The number of nitrogens with one attached hydrogen (secondary N) is 1. The zero-order chi connectivity index (χ0) is 15.0. The number of benzene rings is 1. The van der Waals surface area contributed by atoms with E-state index >= 15 is 0 Å². The Labute approximate surface area is 120 Å². The molecule has 0 aliphatic heterocycles. The summed E-state index contributed by atoms with van der Waals surface area (Å²) in [7, 11) is 2.91. The summed E-state index contributed by atoms with van der Waals surface area (Å²) in [6.45, 7) is 5.51. The van der Waals surface area contributed by atoms with Crippen LogP contribution in [0.4, 0.5) is 0 Å². The molecular weight excluding hydrogens is 258 g/mol. The van der Waals surface area contributed by atoms with Crippen molar-refractivity contribution in [2.24, 2.45) is 0 Å². The first-order chi connectivity index (χ1) is 9.62. The molecule has 1 unspecified atom stereocenters. The highest BCUT2D eigenvalue weighted by molar-refractivity contribution is 5.74. The quantitative estimate of drug-likeness (QED) is 0.584. The molecule has 0 radical (unpaired) electrons. The van der Waals surface area contributed by atoms with Crippen LogP contribution in [0, 0.1) is 0 Å². The van der Waals surface area contributed by atoms with Crippen molar-refractivity contribution in [1.82, 2.24) is 5.32 Å². The molecule has 0 saturated heterocycles. The summed E-state index contributed by atoms with van der Waals surface area (Å²) >= 11 is 0. The van der Waals surface area contributed by atoms with Crippen molar-refractivity contribution in [3.05, 3.63) is 23.8 Å². The monoisotopic (exact) mass is 281 g/mol. The Kier molecular flexibility index (Phi) is 6.87. The number of ether oxygens (including phenoxy) is 3. The smallest absolute Gasteiger partial charge is 0.346 e. The fourth-order valence-corrected chi connectivity index (χ4v) is 1.73. The number of hydrogen-bond acceptors (Lipinski definition) is 5. The second-order valence-electron chi connectivity index (χ2n) is 4.45. The van der Waals surface area contributed by atoms with Gasteiger partial charge in [0.2, 0.25) is 0 Å². The van der Waals surface area contributed by atoms with Crippen LogP contribution in [-0.4, -0.2) is 32.8 Å². The van der Waals surface area contributed by atoms with Crippen LogP contribution >= 0.6 is 0 Å². The minimum atomic E-state index is -0.669. The Bertz CT molecular complexity index is 434. The number of hydrogen-bond donors (Lipinski definition) is 1. The molecule has 1 N–H and O–H groups in total. The van der Waals surface area contributed by atoms with Crippen molar-refractivity contribution < 1.29 is 19.0 Å². The molecule has 1 aromatic carbocycles. The van der Waals surface area contributed by atoms with E-state index in [1.54, 1.807) is 20.1 Å². The SMILES string of the molecule is CCCNCc1ccc(OC(C)C(=O)OC)c(OC)c1. The van der Waals surface area contributed by atoms with Crippen LogP contribution in [-0.2, 0) is 16.1 Å². The summed E-state index contributed by atoms with van der Waals surface area (Å²) in [4.78, 5) is 11.4. The van der Waals surface area contributed by atoms with E-state index in [4.69, 9.17) is 9.47 Å². The Morgan fingerprint density at radius 3 is 2.65 bits per heavy atom. The minimum absolute atomic E-state index is 0.416. The molecular formula is C15H23NO4. The van der Waals surface area contributed by atoms with Crippen molar-refractivity contribution in [2.75, 3.05) is 20.8 Å². The molecule has 1 atom stereocenters. The van der Waals surface area contributed by atoms with Gasteiger partial charge in [0.25, 0.3) is 0 Å². The van der Waals surface area contributed by atoms with Crippen molar-refractivity contribution in [3.63, 3.8) is 0 Å². The van der Waals surface area contributed by atoms with Gasteiger partial charge in [-0.15, -0.1) is 0 Å². The maximum Gasteiger partial charge on any atom is 0.346 e. The Morgan fingerprint density at radius 1 is 1.30 bits per heavy atom. The van der Waals surface area contributed by atoms with E-state index < -0.39 is 12.1 Å². The molecule has 5 heteroatoms. The fourth-order valence-electron chi connectivity index (χ4n) is 1.73. The summed E-state index contributed by atoms with van der Waals surface area (Å²) in [5.41, 5.74) is 1.10. The lowest BCUT2D eigenvalue weighted by Gasteiger charge is -2.16. The maximum absolute atomic E-state index is 11.4. The van der Waals surface area contributed by atoms with Crippen LogP contribution in [0.25, 0.3) is 0 Å². The van der Waals surface area contributed by atoms with Gasteiger partial charge in [-0.1, -0.05) is 13.0 Å². The fraction of sp³-hybridized carbons (Fsp3) is 0.533. The van der Waals surface area contributed by atoms with Crippen molar-refractivity contribution in [2.45, 2.75) is 32.9 Å². The second-order valence-corrected chi connectivity index (χ2v) is 4.45. The zero-order valence-corrected chi connectivity index (χ0v) is 12.6. The van der Waals surface area contributed by atoms with Crippen molar-refractivity contribution in [3.8, 4) is 11.5 Å². The molecule has 0 saturated carbocycles. The Morgan fingerprint density at radius 2 is 2.05 bits per heavy atom. The number of rotatable bonds is 8. The number of methoxy groups -OCH3 is 2. The number of carbonyl (C=O) groups is 1. The third-order valence-electron chi connectivity index (χ3n) is 2.82. The summed E-state index contributed by atoms with van der Waals surface area (Å²) < 4.78 is 15.5. The van der Waals surface area contributed by atoms with Gasteiger partial charge in [-0.25, -0.2) is 4.79 Å². The molecule has 0 spiro atoms. The zero-order valence-electron chi connectivity index (χ0n) is 12.6. The first-order valence-corrected chi connectivity index (χ1v) is 6.74. The van der Waals surface area contributed by atoms with Crippen LogP contribution in [0.1, 0.15) is 25.8 Å². The van der Waals surface area contributed by atoms with E-state index in [0.717, 1.165) is 25.1 Å². The number of carbonyl (C=O) groups excluding carboxylic acids is 1. The standard InChI is InChI=1S/C15H23NO4/c1-5-8-16-10-12-6-7-13(14(9-12)18-3)20-11(2)15(17)19-4/h6-7,9,11,16H,5,8,10H2,1-4H3. The Hall–Kier alpha value is -1.75. The molecule has 20 heavy (non-hydrogen) atoms. The van der Waals surface area contributed by atoms with Crippen LogP contribution in [0.3, 0.4) is 0 Å². The normalized spacial score (nSPS) is 11.8. The van der Waals surface area contributed by atoms with Gasteiger partial charge >= 0.3 is 5.97 Å². The third-order valence-corrected chi connectivity index (χ3v) is 2.82. The molecule has 1 aromatic rings.